The molecule has 1 aliphatic carbocycles. The summed E-state index contributed by atoms with van der Waals surface area (Å²) >= 11 is 0. The summed E-state index contributed by atoms with van der Waals surface area (Å²) < 4.78 is 0. The lowest BCUT2D eigenvalue weighted by Crippen LogP contribution is -2.26. The van der Waals surface area contributed by atoms with Crippen LogP contribution in [-0.4, -0.2) is 0 Å². The van der Waals surface area contributed by atoms with E-state index in [1.165, 1.54) is 36.8 Å². The van der Waals surface area contributed by atoms with E-state index in [1.54, 1.807) is 0 Å². The summed E-state index contributed by atoms with van der Waals surface area (Å²) in [5, 5.41) is 3.26. The number of hydrogen-bond donors (Lipinski definition) is 1. The summed E-state index contributed by atoms with van der Waals surface area (Å²) in [5.41, 5.74) is 4.80. The first-order chi connectivity index (χ1) is 9.36. The van der Waals surface area contributed by atoms with Crippen molar-refractivity contribution in [3.63, 3.8) is 0 Å². The third-order valence-corrected chi connectivity index (χ3v) is 4.62. The van der Waals surface area contributed by atoms with Gasteiger partial charge in [0.25, 0.3) is 0 Å². The topological polar surface area (TPSA) is 12.0 Å². The summed E-state index contributed by atoms with van der Waals surface area (Å²) in [6.07, 6.45) is 9.72. The maximum atomic E-state index is 4.16. The van der Waals surface area contributed by atoms with Crippen LogP contribution in [0.25, 0.3) is 0 Å². The van der Waals surface area contributed by atoms with Crippen molar-refractivity contribution in [2.75, 3.05) is 0 Å². The first-order valence-corrected chi connectivity index (χ1v) is 7.89. The van der Waals surface area contributed by atoms with Crippen molar-refractivity contribution in [3.8, 4) is 0 Å². The molecule has 0 radical (unpaired) electrons. The van der Waals surface area contributed by atoms with Crippen molar-refractivity contribution in [1.82, 2.24) is 5.32 Å². The van der Waals surface area contributed by atoms with Gasteiger partial charge in [-0.05, 0) is 38.2 Å². The average Bonchev–Trinajstić information content (AvgIpc) is 2.66. The SMILES string of the molecule is C=C(C)NC(=C)C1=C(C)C(C)(C(CCC)CCC)C=C1. The van der Waals surface area contributed by atoms with E-state index >= 15 is 0 Å². The zero-order valence-corrected chi connectivity index (χ0v) is 14.0. The smallest absolute Gasteiger partial charge is 0.0381 e. The molecule has 0 fully saturated rings. The van der Waals surface area contributed by atoms with Crippen LogP contribution in [0.15, 0.2) is 47.9 Å². The highest BCUT2D eigenvalue weighted by Gasteiger charge is 2.36. The van der Waals surface area contributed by atoms with Gasteiger partial charge in [-0.15, -0.1) is 0 Å². The first-order valence-electron chi connectivity index (χ1n) is 7.89. The van der Waals surface area contributed by atoms with Crippen LogP contribution in [0.4, 0.5) is 0 Å². The molecule has 1 unspecified atom stereocenters. The summed E-state index contributed by atoms with van der Waals surface area (Å²) in [7, 11) is 0. The Morgan fingerprint density at radius 2 is 1.80 bits per heavy atom. The third-order valence-electron chi connectivity index (χ3n) is 4.62. The van der Waals surface area contributed by atoms with Gasteiger partial charge in [-0.25, -0.2) is 0 Å². The van der Waals surface area contributed by atoms with Gasteiger partial charge in [0, 0.05) is 16.8 Å². The molecule has 0 aromatic rings. The predicted octanol–water partition coefficient (Wildman–Crippen LogP) is 5.73. The zero-order valence-electron chi connectivity index (χ0n) is 14.0. The highest BCUT2D eigenvalue weighted by Crippen LogP contribution is 2.47. The molecule has 112 valence electrons. The molecule has 1 atom stereocenters. The molecule has 0 bridgehead atoms. The van der Waals surface area contributed by atoms with Crippen LogP contribution in [-0.2, 0) is 0 Å². The van der Waals surface area contributed by atoms with Crippen molar-refractivity contribution in [2.45, 2.75) is 60.3 Å². The fraction of sp³-hybridized carbons (Fsp3) is 0.579. The van der Waals surface area contributed by atoms with Crippen LogP contribution in [0, 0.1) is 11.3 Å². The van der Waals surface area contributed by atoms with Crippen LogP contribution in [0.1, 0.15) is 60.3 Å². The Kier molecular flexibility index (Phi) is 5.86. The van der Waals surface area contributed by atoms with Gasteiger partial charge in [0.05, 0.1) is 0 Å². The summed E-state index contributed by atoms with van der Waals surface area (Å²) in [6.45, 7) is 19.2. The van der Waals surface area contributed by atoms with Crippen molar-refractivity contribution in [1.29, 1.82) is 0 Å². The Balaban J connectivity index is 3.03. The molecule has 0 aliphatic heterocycles. The first kappa shape index (κ1) is 16.8. The molecule has 1 aliphatic rings. The molecule has 0 spiro atoms. The lowest BCUT2D eigenvalue weighted by Gasteiger charge is -2.35. The minimum absolute atomic E-state index is 0.182. The van der Waals surface area contributed by atoms with Crippen LogP contribution < -0.4 is 5.32 Å². The molecule has 0 aromatic carbocycles. The van der Waals surface area contributed by atoms with E-state index < -0.39 is 0 Å². The molecule has 1 nitrogen and oxygen atoms in total. The predicted molar refractivity (Wildman–Crippen MR) is 90.3 cm³/mol. The van der Waals surface area contributed by atoms with E-state index in [9.17, 15) is 0 Å². The summed E-state index contributed by atoms with van der Waals surface area (Å²) in [4.78, 5) is 0. The summed E-state index contributed by atoms with van der Waals surface area (Å²) in [5.74, 6) is 0.726. The number of hydrogen-bond acceptors (Lipinski definition) is 1. The Morgan fingerprint density at radius 1 is 1.25 bits per heavy atom. The molecule has 0 aromatic heterocycles. The maximum Gasteiger partial charge on any atom is 0.0381 e. The van der Waals surface area contributed by atoms with Gasteiger partial charge in [-0.2, -0.15) is 0 Å². The van der Waals surface area contributed by atoms with Gasteiger partial charge in [-0.1, -0.05) is 64.5 Å². The monoisotopic (exact) mass is 273 g/mol. The molecule has 1 rings (SSSR count). The minimum atomic E-state index is 0.182. The van der Waals surface area contributed by atoms with Gasteiger partial charge in [0.2, 0.25) is 0 Å². The van der Waals surface area contributed by atoms with E-state index in [0.717, 1.165) is 17.3 Å². The van der Waals surface area contributed by atoms with Crippen molar-refractivity contribution >= 4 is 0 Å². The fourth-order valence-corrected chi connectivity index (χ4v) is 3.33. The number of allylic oxidation sites excluding steroid dienone is 4. The second-order valence-electron chi connectivity index (χ2n) is 6.31. The Labute approximate surface area is 125 Å². The van der Waals surface area contributed by atoms with Gasteiger partial charge in [0.15, 0.2) is 0 Å². The van der Waals surface area contributed by atoms with E-state index in [2.05, 4.69) is 58.3 Å². The van der Waals surface area contributed by atoms with E-state index in [-0.39, 0.29) is 5.41 Å². The Hall–Kier alpha value is -1.24. The molecular formula is C19H31N. The lowest BCUT2D eigenvalue weighted by molar-refractivity contribution is 0.267. The lowest BCUT2D eigenvalue weighted by atomic mass is 9.69. The van der Waals surface area contributed by atoms with Crippen molar-refractivity contribution in [2.24, 2.45) is 11.3 Å². The van der Waals surface area contributed by atoms with Gasteiger partial charge < -0.3 is 5.32 Å². The molecule has 0 saturated carbocycles. The van der Waals surface area contributed by atoms with Crippen LogP contribution in [0.5, 0.6) is 0 Å². The van der Waals surface area contributed by atoms with Gasteiger partial charge >= 0.3 is 0 Å². The number of rotatable bonds is 8. The molecule has 0 heterocycles. The fourth-order valence-electron chi connectivity index (χ4n) is 3.33. The molecular weight excluding hydrogens is 242 g/mol. The van der Waals surface area contributed by atoms with Crippen molar-refractivity contribution < 1.29 is 0 Å². The Bertz CT molecular complexity index is 433. The van der Waals surface area contributed by atoms with Gasteiger partial charge in [0.1, 0.15) is 0 Å². The molecule has 20 heavy (non-hydrogen) atoms. The number of nitrogens with one attached hydrogen (secondary N) is 1. The van der Waals surface area contributed by atoms with Crippen LogP contribution in [0.3, 0.4) is 0 Å². The maximum absolute atomic E-state index is 4.16. The van der Waals surface area contributed by atoms with E-state index in [1.807, 2.05) is 6.92 Å². The minimum Gasteiger partial charge on any atom is -0.360 e. The molecule has 1 N–H and O–H groups in total. The standard InChI is InChI=1S/C19H31N/c1-8-10-17(11-9-2)19(7)13-12-18(15(19)5)16(6)20-14(3)4/h12-13,17,20H,3,6,8-11H2,1-2,4-5,7H3. The second-order valence-corrected chi connectivity index (χ2v) is 6.31. The third kappa shape index (κ3) is 3.45. The van der Waals surface area contributed by atoms with Crippen molar-refractivity contribution in [3.05, 3.63) is 47.9 Å². The van der Waals surface area contributed by atoms with Crippen LogP contribution >= 0.6 is 0 Å². The average molecular weight is 273 g/mol. The molecule has 1 heteroatoms. The second kappa shape index (κ2) is 6.97. The molecule has 0 saturated heterocycles. The zero-order chi connectivity index (χ0) is 15.3. The summed E-state index contributed by atoms with van der Waals surface area (Å²) in [6, 6.07) is 0. The Morgan fingerprint density at radius 3 is 2.25 bits per heavy atom. The van der Waals surface area contributed by atoms with Crippen LogP contribution in [0.2, 0.25) is 0 Å². The van der Waals surface area contributed by atoms with E-state index in [0.29, 0.717) is 0 Å². The van der Waals surface area contributed by atoms with Gasteiger partial charge in [-0.3, -0.25) is 0 Å². The largest absolute Gasteiger partial charge is 0.360 e. The highest BCUT2D eigenvalue weighted by molar-refractivity contribution is 5.50. The van der Waals surface area contributed by atoms with E-state index in [4.69, 9.17) is 0 Å². The highest BCUT2D eigenvalue weighted by atomic mass is 14.9. The normalized spacial score (nSPS) is 21.7. The quantitative estimate of drug-likeness (QED) is 0.595. The molecule has 0 amide bonds.